The summed E-state index contributed by atoms with van der Waals surface area (Å²) < 4.78 is 0. The summed E-state index contributed by atoms with van der Waals surface area (Å²) in [4.78, 5) is 4.73. The van der Waals surface area contributed by atoms with Gasteiger partial charge in [-0.15, -0.1) is 0 Å². The maximum atomic E-state index is 5.64. The molecule has 0 amide bonds. The normalized spacial score (nSPS) is 27.2. The lowest BCUT2D eigenvalue weighted by molar-refractivity contribution is 0.0427. The number of rotatable bonds is 4. The van der Waals surface area contributed by atoms with Gasteiger partial charge < -0.3 is 10.6 Å². The van der Waals surface area contributed by atoms with E-state index < -0.39 is 0 Å². The Hall–Kier alpha value is -0.120. The van der Waals surface area contributed by atoms with E-state index in [-0.39, 0.29) is 0 Å². The van der Waals surface area contributed by atoms with Crippen LogP contribution >= 0.6 is 0 Å². The first-order valence-corrected chi connectivity index (χ1v) is 4.75. The fraction of sp³-hybridized carbons (Fsp3) is 1.00. The predicted molar refractivity (Wildman–Crippen MR) is 52.2 cm³/mol. The van der Waals surface area contributed by atoms with E-state index in [1.165, 1.54) is 13.0 Å². The topological polar surface area (TPSA) is 32.5 Å². The quantitative estimate of drug-likeness (QED) is 0.645. The van der Waals surface area contributed by atoms with Crippen LogP contribution in [-0.2, 0) is 0 Å². The Labute approximate surface area is 75.5 Å². The molecule has 2 atom stereocenters. The van der Waals surface area contributed by atoms with Crippen molar-refractivity contribution < 1.29 is 0 Å². The van der Waals surface area contributed by atoms with Crippen LogP contribution in [0.4, 0.5) is 0 Å². The lowest BCUT2D eigenvalue weighted by atomic mass is 10.0. The van der Waals surface area contributed by atoms with Gasteiger partial charge in [-0.1, -0.05) is 0 Å². The molecule has 3 nitrogen and oxygen atoms in total. The van der Waals surface area contributed by atoms with E-state index in [2.05, 4.69) is 30.8 Å². The van der Waals surface area contributed by atoms with Gasteiger partial charge in [0.05, 0.1) is 0 Å². The highest BCUT2D eigenvalue weighted by atomic mass is 15.3. The largest absolute Gasteiger partial charge is 0.329 e. The molecule has 1 aliphatic heterocycles. The first-order valence-electron chi connectivity index (χ1n) is 4.75. The third kappa shape index (κ3) is 2.19. The Morgan fingerprint density at radius 2 is 2.25 bits per heavy atom. The van der Waals surface area contributed by atoms with Crippen LogP contribution < -0.4 is 5.73 Å². The number of nitrogens with two attached hydrogens (primary N) is 1. The second kappa shape index (κ2) is 4.21. The van der Waals surface area contributed by atoms with Crippen molar-refractivity contribution in [2.24, 2.45) is 5.73 Å². The summed E-state index contributed by atoms with van der Waals surface area (Å²) in [6, 6.07) is 1.31. The molecule has 0 aliphatic carbocycles. The molecule has 72 valence electrons. The van der Waals surface area contributed by atoms with Crippen LogP contribution in [0, 0.1) is 0 Å². The molecular formula is C9H21N3. The van der Waals surface area contributed by atoms with Crippen LogP contribution in [-0.4, -0.2) is 55.6 Å². The van der Waals surface area contributed by atoms with Crippen molar-refractivity contribution in [2.75, 3.05) is 33.7 Å². The zero-order valence-electron chi connectivity index (χ0n) is 8.45. The minimum atomic E-state index is 0.653. The Balaban J connectivity index is 2.27. The van der Waals surface area contributed by atoms with E-state index in [9.17, 15) is 0 Å². The summed E-state index contributed by atoms with van der Waals surface area (Å²) in [5.41, 5.74) is 5.64. The molecule has 0 aromatic carbocycles. The van der Waals surface area contributed by atoms with Crippen LogP contribution in [0.5, 0.6) is 0 Å². The van der Waals surface area contributed by atoms with E-state index >= 15 is 0 Å². The molecule has 0 spiro atoms. The van der Waals surface area contributed by atoms with Gasteiger partial charge in [0.25, 0.3) is 0 Å². The highest BCUT2D eigenvalue weighted by Gasteiger charge is 2.30. The van der Waals surface area contributed by atoms with E-state index in [4.69, 9.17) is 5.73 Å². The maximum absolute atomic E-state index is 5.64. The van der Waals surface area contributed by atoms with E-state index in [0.29, 0.717) is 12.1 Å². The minimum Gasteiger partial charge on any atom is -0.329 e. The van der Waals surface area contributed by atoms with Gasteiger partial charge in [-0.2, -0.15) is 0 Å². The molecule has 2 unspecified atom stereocenters. The molecule has 3 heteroatoms. The van der Waals surface area contributed by atoms with Crippen LogP contribution in [0.15, 0.2) is 0 Å². The SMILES string of the molecule is CC(CN(C)C)N1CCC1CN. The van der Waals surface area contributed by atoms with Crippen LogP contribution in [0.2, 0.25) is 0 Å². The highest BCUT2D eigenvalue weighted by molar-refractivity contribution is 4.87. The molecular weight excluding hydrogens is 150 g/mol. The Bertz CT molecular complexity index is 134. The predicted octanol–water partition coefficient (Wildman–Crippen LogP) is -0.0305. The molecule has 1 fully saturated rings. The Morgan fingerprint density at radius 1 is 1.58 bits per heavy atom. The monoisotopic (exact) mass is 171 g/mol. The molecule has 0 aromatic heterocycles. The third-order valence-corrected chi connectivity index (χ3v) is 2.66. The zero-order valence-corrected chi connectivity index (χ0v) is 8.45. The Morgan fingerprint density at radius 3 is 2.58 bits per heavy atom. The summed E-state index contributed by atoms with van der Waals surface area (Å²) in [6.07, 6.45) is 1.29. The number of likely N-dealkylation sites (N-methyl/N-ethyl adjacent to an activating group) is 1. The van der Waals surface area contributed by atoms with E-state index in [1.54, 1.807) is 0 Å². The van der Waals surface area contributed by atoms with Gasteiger partial charge in [0, 0.05) is 31.7 Å². The fourth-order valence-electron chi connectivity index (χ4n) is 1.93. The van der Waals surface area contributed by atoms with Crippen molar-refractivity contribution in [2.45, 2.75) is 25.4 Å². The van der Waals surface area contributed by atoms with Crippen LogP contribution in [0.25, 0.3) is 0 Å². The maximum Gasteiger partial charge on any atom is 0.0233 e. The number of hydrogen-bond donors (Lipinski definition) is 1. The summed E-state index contributed by atoms with van der Waals surface area (Å²) in [6.45, 7) is 5.47. The van der Waals surface area contributed by atoms with Crippen molar-refractivity contribution in [3.63, 3.8) is 0 Å². The fourth-order valence-corrected chi connectivity index (χ4v) is 1.93. The molecule has 1 aliphatic rings. The molecule has 0 radical (unpaired) electrons. The lowest BCUT2D eigenvalue weighted by Gasteiger charge is -2.45. The van der Waals surface area contributed by atoms with Gasteiger partial charge in [-0.05, 0) is 27.4 Å². The average molecular weight is 171 g/mol. The standard InChI is InChI=1S/C9H21N3/c1-8(7-11(2)3)12-5-4-9(12)6-10/h8-9H,4-7,10H2,1-3H3. The van der Waals surface area contributed by atoms with Gasteiger partial charge >= 0.3 is 0 Å². The number of hydrogen-bond acceptors (Lipinski definition) is 3. The third-order valence-electron chi connectivity index (χ3n) is 2.66. The van der Waals surface area contributed by atoms with E-state index in [1.807, 2.05) is 0 Å². The first kappa shape index (κ1) is 9.96. The molecule has 1 saturated heterocycles. The van der Waals surface area contributed by atoms with Crippen molar-refractivity contribution in [3.8, 4) is 0 Å². The summed E-state index contributed by atoms with van der Waals surface area (Å²) in [5, 5.41) is 0. The number of nitrogens with zero attached hydrogens (tertiary/aromatic N) is 2. The molecule has 2 N–H and O–H groups in total. The van der Waals surface area contributed by atoms with Crippen molar-refractivity contribution >= 4 is 0 Å². The van der Waals surface area contributed by atoms with Crippen LogP contribution in [0.1, 0.15) is 13.3 Å². The summed E-state index contributed by atoms with van der Waals surface area (Å²) >= 11 is 0. The first-order chi connectivity index (χ1) is 5.65. The molecule has 0 saturated carbocycles. The van der Waals surface area contributed by atoms with Crippen molar-refractivity contribution in [3.05, 3.63) is 0 Å². The second-order valence-electron chi connectivity index (χ2n) is 4.03. The van der Waals surface area contributed by atoms with Gasteiger partial charge in [0.15, 0.2) is 0 Å². The van der Waals surface area contributed by atoms with Gasteiger partial charge in [-0.25, -0.2) is 0 Å². The van der Waals surface area contributed by atoms with Crippen molar-refractivity contribution in [1.29, 1.82) is 0 Å². The highest BCUT2D eigenvalue weighted by Crippen LogP contribution is 2.19. The van der Waals surface area contributed by atoms with E-state index in [0.717, 1.165) is 13.1 Å². The molecule has 0 aromatic rings. The minimum absolute atomic E-state index is 0.653. The van der Waals surface area contributed by atoms with Crippen LogP contribution in [0.3, 0.4) is 0 Å². The lowest BCUT2D eigenvalue weighted by Crippen LogP contribution is -2.57. The average Bonchev–Trinajstić information content (AvgIpc) is 1.83. The molecule has 12 heavy (non-hydrogen) atoms. The number of likely N-dealkylation sites (tertiary alicyclic amines) is 1. The second-order valence-corrected chi connectivity index (χ2v) is 4.03. The van der Waals surface area contributed by atoms with Crippen molar-refractivity contribution in [1.82, 2.24) is 9.80 Å². The zero-order chi connectivity index (χ0) is 9.14. The van der Waals surface area contributed by atoms with Gasteiger partial charge in [0.1, 0.15) is 0 Å². The summed E-state index contributed by atoms with van der Waals surface area (Å²) in [7, 11) is 4.24. The van der Waals surface area contributed by atoms with Gasteiger partial charge in [-0.3, -0.25) is 4.90 Å². The Kier molecular flexibility index (Phi) is 3.50. The molecule has 1 heterocycles. The van der Waals surface area contributed by atoms with Gasteiger partial charge in [0.2, 0.25) is 0 Å². The summed E-state index contributed by atoms with van der Waals surface area (Å²) in [5.74, 6) is 0. The smallest absolute Gasteiger partial charge is 0.0233 e. The molecule has 0 bridgehead atoms. The molecule has 1 rings (SSSR count).